The van der Waals surface area contributed by atoms with Gasteiger partial charge in [0.1, 0.15) is 0 Å². The largest absolute Gasteiger partial charge is 0.375 e. The van der Waals surface area contributed by atoms with Gasteiger partial charge in [-0.3, -0.25) is 4.79 Å². The van der Waals surface area contributed by atoms with E-state index < -0.39 is 0 Å². The number of hydrogen-bond acceptors (Lipinski definition) is 3. The number of morpholine rings is 1. The van der Waals surface area contributed by atoms with Crippen molar-refractivity contribution in [2.45, 2.75) is 32.3 Å². The van der Waals surface area contributed by atoms with Gasteiger partial charge in [0.15, 0.2) is 0 Å². The van der Waals surface area contributed by atoms with E-state index in [1.165, 1.54) is 0 Å². The highest BCUT2D eigenvalue weighted by molar-refractivity contribution is 5.76. The van der Waals surface area contributed by atoms with Gasteiger partial charge in [-0.2, -0.15) is 0 Å². The summed E-state index contributed by atoms with van der Waals surface area (Å²) >= 11 is 0. The third kappa shape index (κ3) is 4.62. The van der Waals surface area contributed by atoms with Gasteiger partial charge in [0, 0.05) is 26.7 Å². The van der Waals surface area contributed by atoms with Crippen molar-refractivity contribution < 1.29 is 9.53 Å². The Morgan fingerprint density at radius 3 is 3.00 bits per heavy atom. The number of carbonyl (C=O) groups is 1. The minimum Gasteiger partial charge on any atom is -0.375 e. The second kappa shape index (κ2) is 6.80. The summed E-state index contributed by atoms with van der Waals surface area (Å²) in [6.07, 6.45) is 2.77. The van der Waals surface area contributed by atoms with Crippen molar-refractivity contribution in [2.75, 3.05) is 33.3 Å². The number of amides is 1. The highest BCUT2D eigenvalue weighted by Gasteiger charge is 2.19. The maximum absolute atomic E-state index is 11.7. The summed E-state index contributed by atoms with van der Waals surface area (Å²) in [5, 5.41) is 3.23. The van der Waals surface area contributed by atoms with E-state index in [-0.39, 0.29) is 12.0 Å². The van der Waals surface area contributed by atoms with Crippen LogP contribution in [0.5, 0.6) is 0 Å². The van der Waals surface area contributed by atoms with Crippen molar-refractivity contribution in [3.05, 3.63) is 0 Å². The smallest absolute Gasteiger partial charge is 0.224 e. The standard InChI is InChI=1S/C11H22N2O2/c1-3-4-6-13(2)11(14)8-10-9-12-5-7-15-10/h10,12H,3-9H2,1-2H3. The Hall–Kier alpha value is -0.610. The predicted octanol–water partition coefficient (Wildman–Crippen LogP) is 0.623. The van der Waals surface area contributed by atoms with Crippen molar-refractivity contribution >= 4 is 5.91 Å². The Kier molecular flexibility index (Phi) is 5.65. The molecule has 1 aliphatic rings. The highest BCUT2D eigenvalue weighted by Crippen LogP contribution is 2.04. The number of ether oxygens (including phenoxy) is 1. The van der Waals surface area contributed by atoms with Crippen molar-refractivity contribution in [2.24, 2.45) is 0 Å². The van der Waals surface area contributed by atoms with Crippen LogP contribution in [-0.4, -0.2) is 50.2 Å². The predicted molar refractivity (Wildman–Crippen MR) is 59.8 cm³/mol. The lowest BCUT2D eigenvalue weighted by molar-refractivity contribution is -0.133. The lowest BCUT2D eigenvalue weighted by atomic mass is 10.2. The van der Waals surface area contributed by atoms with E-state index in [2.05, 4.69) is 12.2 Å². The van der Waals surface area contributed by atoms with Crippen molar-refractivity contribution in [1.29, 1.82) is 0 Å². The zero-order valence-electron chi connectivity index (χ0n) is 9.79. The maximum Gasteiger partial charge on any atom is 0.224 e. The van der Waals surface area contributed by atoms with E-state index in [4.69, 9.17) is 4.74 Å². The Bertz CT molecular complexity index is 191. The van der Waals surface area contributed by atoms with E-state index in [1.807, 2.05) is 11.9 Å². The zero-order valence-corrected chi connectivity index (χ0v) is 9.79. The van der Waals surface area contributed by atoms with Crippen LogP contribution in [0.4, 0.5) is 0 Å². The molecule has 0 saturated carbocycles. The van der Waals surface area contributed by atoms with Crippen molar-refractivity contribution in [3.63, 3.8) is 0 Å². The molecule has 4 nitrogen and oxygen atoms in total. The number of nitrogens with one attached hydrogen (secondary N) is 1. The molecule has 0 bridgehead atoms. The number of hydrogen-bond donors (Lipinski definition) is 1. The highest BCUT2D eigenvalue weighted by atomic mass is 16.5. The quantitative estimate of drug-likeness (QED) is 0.729. The van der Waals surface area contributed by atoms with Gasteiger partial charge in [0.2, 0.25) is 5.91 Å². The molecule has 4 heteroatoms. The van der Waals surface area contributed by atoms with Gasteiger partial charge in [-0.1, -0.05) is 13.3 Å². The van der Waals surface area contributed by atoms with Crippen LogP contribution in [0.15, 0.2) is 0 Å². The fourth-order valence-electron chi connectivity index (χ4n) is 1.62. The summed E-state index contributed by atoms with van der Waals surface area (Å²) in [7, 11) is 1.87. The molecule has 0 aliphatic carbocycles. The first-order valence-electron chi connectivity index (χ1n) is 5.80. The average molecular weight is 214 g/mol. The minimum atomic E-state index is 0.0651. The van der Waals surface area contributed by atoms with Gasteiger partial charge in [0.25, 0.3) is 0 Å². The molecular weight excluding hydrogens is 192 g/mol. The molecule has 1 heterocycles. The van der Waals surface area contributed by atoms with Crippen LogP contribution < -0.4 is 5.32 Å². The Balaban J connectivity index is 2.20. The third-order valence-corrected chi connectivity index (χ3v) is 2.68. The molecule has 1 saturated heterocycles. The molecule has 0 aromatic heterocycles. The van der Waals surface area contributed by atoms with Gasteiger partial charge in [-0.15, -0.1) is 0 Å². The maximum atomic E-state index is 11.7. The second-order valence-corrected chi connectivity index (χ2v) is 4.07. The number of nitrogens with zero attached hydrogens (tertiary/aromatic N) is 1. The summed E-state index contributed by atoms with van der Waals surface area (Å²) in [6.45, 7) is 5.41. The fraction of sp³-hybridized carbons (Fsp3) is 0.909. The SMILES string of the molecule is CCCCN(C)C(=O)CC1CNCCO1. The van der Waals surface area contributed by atoms with E-state index >= 15 is 0 Å². The topological polar surface area (TPSA) is 41.6 Å². The van der Waals surface area contributed by atoms with E-state index in [1.54, 1.807) is 0 Å². The third-order valence-electron chi connectivity index (χ3n) is 2.68. The van der Waals surface area contributed by atoms with Crippen LogP contribution in [0.3, 0.4) is 0 Å². The summed E-state index contributed by atoms with van der Waals surface area (Å²) in [5.74, 6) is 0.192. The molecule has 15 heavy (non-hydrogen) atoms. The van der Waals surface area contributed by atoms with E-state index in [0.717, 1.165) is 39.1 Å². The molecule has 1 rings (SSSR count). The minimum absolute atomic E-state index is 0.0651. The molecule has 1 amide bonds. The summed E-state index contributed by atoms with van der Waals surface area (Å²) < 4.78 is 5.49. The molecule has 1 atom stereocenters. The average Bonchev–Trinajstić information content (AvgIpc) is 2.27. The van der Waals surface area contributed by atoms with Crippen LogP contribution >= 0.6 is 0 Å². The normalized spacial score (nSPS) is 21.3. The first kappa shape index (κ1) is 12.5. The Labute approximate surface area is 92.0 Å². The van der Waals surface area contributed by atoms with Crippen molar-refractivity contribution in [3.8, 4) is 0 Å². The van der Waals surface area contributed by atoms with Gasteiger partial charge in [-0.05, 0) is 6.42 Å². The second-order valence-electron chi connectivity index (χ2n) is 4.07. The molecule has 1 unspecified atom stereocenters. The molecule has 1 N–H and O–H groups in total. The summed E-state index contributed by atoms with van der Waals surface area (Å²) in [4.78, 5) is 13.5. The first-order valence-corrected chi connectivity index (χ1v) is 5.80. The lowest BCUT2D eigenvalue weighted by Crippen LogP contribution is -2.41. The van der Waals surface area contributed by atoms with Gasteiger partial charge in [-0.25, -0.2) is 0 Å². The molecule has 0 aromatic carbocycles. The fourth-order valence-corrected chi connectivity index (χ4v) is 1.62. The lowest BCUT2D eigenvalue weighted by Gasteiger charge is -2.25. The molecule has 0 spiro atoms. The van der Waals surface area contributed by atoms with Crippen LogP contribution in [0.2, 0.25) is 0 Å². The summed E-state index contributed by atoms with van der Waals surface area (Å²) in [6, 6.07) is 0. The van der Waals surface area contributed by atoms with Gasteiger partial charge < -0.3 is 15.0 Å². The molecule has 1 fully saturated rings. The molecule has 0 radical (unpaired) electrons. The monoisotopic (exact) mass is 214 g/mol. The van der Waals surface area contributed by atoms with Crippen LogP contribution in [0.25, 0.3) is 0 Å². The first-order chi connectivity index (χ1) is 7.24. The molecular formula is C11H22N2O2. The Morgan fingerprint density at radius 1 is 1.60 bits per heavy atom. The van der Waals surface area contributed by atoms with Gasteiger partial charge >= 0.3 is 0 Å². The molecule has 1 aliphatic heterocycles. The van der Waals surface area contributed by atoms with Crippen LogP contribution in [0, 0.1) is 0 Å². The number of unbranched alkanes of at least 4 members (excludes halogenated alkanes) is 1. The summed E-state index contributed by atoms with van der Waals surface area (Å²) in [5.41, 5.74) is 0. The van der Waals surface area contributed by atoms with Crippen LogP contribution in [-0.2, 0) is 9.53 Å². The number of rotatable bonds is 5. The van der Waals surface area contributed by atoms with Crippen LogP contribution in [0.1, 0.15) is 26.2 Å². The number of carbonyl (C=O) groups excluding carboxylic acids is 1. The van der Waals surface area contributed by atoms with Crippen molar-refractivity contribution in [1.82, 2.24) is 10.2 Å². The Morgan fingerprint density at radius 2 is 2.40 bits per heavy atom. The molecule has 0 aromatic rings. The van der Waals surface area contributed by atoms with E-state index in [9.17, 15) is 4.79 Å². The molecule has 88 valence electrons. The van der Waals surface area contributed by atoms with Gasteiger partial charge in [0.05, 0.1) is 19.1 Å². The van der Waals surface area contributed by atoms with E-state index in [0.29, 0.717) is 6.42 Å². The zero-order chi connectivity index (χ0) is 11.1.